The number of carbonyl (C=O) groups is 1. The Morgan fingerprint density at radius 2 is 1.89 bits per heavy atom. The zero-order valence-electron chi connectivity index (χ0n) is 10.1. The number of nitrogens with one attached hydrogen (secondary N) is 1. The summed E-state index contributed by atoms with van der Waals surface area (Å²) >= 11 is 0. The lowest BCUT2D eigenvalue weighted by Crippen LogP contribution is -2.12. The van der Waals surface area contributed by atoms with E-state index in [0.29, 0.717) is 12.1 Å². The van der Waals surface area contributed by atoms with Crippen molar-refractivity contribution in [3.8, 4) is 11.1 Å². The van der Waals surface area contributed by atoms with E-state index in [1.807, 2.05) is 6.07 Å². The Balaban J connectivity index is 2.17. The number of amides is 1. The van der Waals surface area contributed by atoms with E-state index in [-0.39, 0.29) is 18.3 Å². The Morgan fingerprint density at radius 1 is 1.16 bits per heavy atom. The first kappa shape index (κ1) is 11.9. The summed E-state index contributed by atoms with van der Waals surface area (Å²) in [5, 5.41) is 12.2. The Labute approximate surface area is 109 Å². The summed E-state index contributed by atoms with van der Waals surface area (Å²) in [5.74, 6) is -0.420. The molecule has 1 amide bonds. The van der Waals surface area contributed by atoms with E-state index in [1.54, 1.807) is 18.2 Å². The SMILES string of the molecule is O=C1NCc2cc(CO)c(-c3ccc(F)cc3)cc21. The molecule has 4 heteroatoms. The molecular formula is C15H12FNO2. The zero-order chi connectivity index (χ0) is 13.4. The summed E-state index contributed by atoms with van der Waals surface area (Å²) in [6.07, 6.45) is 0. The van der Waals surface area contributed by atoms with Crippen LogP contribution in [0.2, 0.25) is 0 Å². The number of benzene rings is 2. The van der Waals surface area contributed by atoms with Gasteiger partial charge in [-0.15, -0.1) is 0 Å². The highest BCUT2D eigenvalue weighted by Gasteiger charge is 2.21. The lowest BCUT2D eigenvalue weighted by Gasteiger charge is -2.10. The van der Waals surface area contributed by atoms with Crippen molar-refractivity contribution in [3.63, 3.8) is 0 Å². The first-order valence-corrected chi connectivity index (χ1v) is 6.00. The third-order valence-electron chi connectivity index (χ3n) is 3.34. The van der Waals surface area contributed by atoms with Crippen molar-refractivity contribution in [2.45, 2.75) is 13.2 Å². The van der Waals surface area contributed by atoms with Gasteiger partial charge in [-0.3, -0.25) is 4.79 Å². The van der Waals surface area contributed by atoms with Gasteiger partial charge in [-0.25, -0.2) is 4.39 Å². The van der Waals surface area contributed by atoms with Crippen LogP contribution in [0.4, 0.5) is 4.39 Å². The maximum Gasteiger partial charge on any atom is 0.251 e. The fourth-order valence-electron chi connectivity index (χ4n) is 2.35. The van der Waals surface area contributed by atoms with Gasteiger partial charge in [0.2, 0.25) is 0 Å². The minimum atomic E-state index is -0.312. The lowest BCUT2D eigenvalue weighted by atomic mass is 9.95. The van der Waals surface area contributed by atoms with Crippen LogP contribution in [0, 0.1) is 5.82 Å². The highest BCUT2D eigenvalue weighted by molar-refractivity contribution is 5.99. The minimum Gasteiger partial charge on any atom is -0.392 e. The second-order valence-corrected chi connectivity index (χ2v) is 4.51. The molecule has 2 aromatic carbocycles. The van der Waals surface area contributed by atoms with Gasteiger partial charge in [0, 0.05) is 12.1 Å². The molecule has 0 atom stereocenters. The molecule has 0 spiro atoms. The molecule has 0 aliphatic carbocycles. The van der Waals surface area contributed by atoms with Crippen LogP contribution in [-0.4, -0.2) is 11.0 Å². The molecule has 96 valence electrons. The number of aliphatic hydroxyl groups is 1. The van der Waals surface area contributed by atoms with Crippen molar-refractivity contribution in [1.29, 1.82) is 0 Å². The number of hydrogen-bond acceptors (Lipinski definition) is 2. The highest BCUT2D eigenvalue weighted by atomic mass is 19.1. The van der Waals surface area contributed by atoms with Crippen molar-refractivity contribution in [2.24, 2.45) is 0 Å². The van der Waals surface area contributed by atoms with Crippen LogP contribution in [0.5, 0.6) is 0 Å². The Bertz CT molecular complexity index is 650. The topological polar surface area (TPSA) is 49.3 Å². The van der Waals surface area contributed by atoms with Crippen molar-refractivity contribution in [2.75, 3.05) is 0 Å². The van der Waals surface area contributed by atoms with Crippen LogP contribution in [0.1, 0.15) is 21.5 Å². The predicted octanol–water partition coefficient (Wildman–Crippen LogP) is 2.23. The Kier molecular flexibility index (Phi) is 2.80. The quantitative estimate of drug-likeness (QED) is 0.866. The molecule has 0 aromatic heterocycles. The Morgan fingerprint density at radius 3 is 2.58 bits per heavy atom. The molecule has 2 aromatic rings. The molecule has 0 radical (unpaired) electrons. The maximum absolute atomic E-state index is 13.0. The van der Waals surface area contributed by atoms with Gasteiger partial charge in [-0.1, -0.05) is 18.2 Å². The molecule has 3 rings (SSSR count). The molecule has 1 aliphatic rings. The van der Waals surface area contributed by atoms with Crippen LogP contribution in [0.15, 0.2) is 36.4 Å². The van der Waals surface area contributed by atoms with E-state index in [0.717, 1.165) is 22.3 Å². The van der Waals surface area contributed by atoms with Crippen molar-refractivity contribution >= 4 is 5.91 Å². The average molecular weight is 257 g/mol. The number of hydrogen-bond donors (Lipinski definition) is 2. The predicted molar refractivity (Wildman–Crippen MR) is 68.9 cm³/mol. The van der Waals surface area contributed by atoms with E-state index in [1.165, 1.54) is 12.1 Å². The van der Waals surface area contributed by atoms with E-state index in [2.05, 4.69) is 5.32 Å². The van der Waals surface area contributed by atoms with E-state index < -0.39 is 0 Å². The fraction of sp³-hybridized carbons (Fsp3) is 0.133. The molecule has 0 fully saturated rings. The summed E-state index contributed by atoms with van der Waals surface area (Å²) in [5.41, 5.74) is 3.80. The minimum absolute atomic E-state index is 0.108. The van der Waals surface area contributed by atoms with E-state index in [9.17, 15) is 14.3 Å². The average Bonchev–Trinajstić information content (AvgIpc) is 2.79. The highest BCUT2D eigenvalue weighted by Crippen LogP contribution is 2.29. The summed E-state index contributed by atoms with van der Waals surface area (Å²) < 4.78 is 13.0. The molecule has 1 aliphatic heterocycles. The van der Waals surface area contributed by atoms with Gasteiger partial charge < -0.3 is 10.4 Å². The third-order valence-corrected chi connectivity index (χ3v) is 3.34. The summed E-state index contributed by atoms with van der Waals surface area (Å²) in [4.78, 5) is 11.7. The molecular weight excluding hydrogens is 245 g/mol. The van der Waals surface area contributed by atoms with Gasteiger partial charge in [0.1, 0.15) is 5.82 Å². The normalized spacial score (nSPS) is 13.3. The largest absolute Gasteiger partial charge is 0.392 e. The second-order valence-electron chi connectivity index (χ2n) is 4.51. The van der Waals surface area contributed by atoms with Crippen LogP contribution >= 0.6 is 0 Å². The van der Waals surface area contributed by atoms with Gasteiger partial charge in [0.25, 0.3) is 5.91 Å². The third kappa shape index (κ3) is 2.00. The smallest absolute Gasteiger partial charge is 0.251 e. The standard InChI is InChI=1S/C15H12FNO2/c16-12-3-1-9(2-4-12)13-6-14-10(5-11(13)8-18)7-17-15(14)19/h1-6,18H,7-8H2,(H,17,19). The van der Waals surface area contributed by atoms with Gasteiger partial charge in [0.15, 0.2) is 0 Å². The molecule has 1 heterocycles. The number of halogens is 1. The first-order valence-electron chi connectivity index (χ1n) is 6.00. The van der Waals surface area contributed by atoms with Crippen molar-refractivity contribution in [3.05, 3.63) is 58.9 Å². The molecule has 0 saturated carbocycles. The number of aliphatic hydroxyl groups excluding tert-OH is 1. The molecule has 0 bridgehead atoms. The second kappa shape index (κ2) is 4.48. The summed E-state index contributed by atoms with van der Waals surface area (Å²) in [7, 11) is 0. The summed E-state index contributed by atoms with van der Waals surface area (Å²) in [6.45, 7) is 0.374. The van der Waals surface area contributed by atoms with Crippen molar-refractivity contribution < 1.29 is 14.3 Å². The van der Waals surface area contributed by atoms with Gasteiger partial charge in [-0.2, -0.15) is 0 Å². The van der Waals surface area contributed by atoms with Crippen LogP contribution in [-0.2, 0) is 13.2 Å². The molecule has 0 unspecified atom stereocenters. The molecule has 0 saturated heterocycles. The zero-order valence-corrected chi connectivity index (χ0v) is 10.1. The van der Waals surface area contributed by atoms with Crippen LogP contribution in [0.3, 0.4) is 0 Å². The maximum atomic E-state index is 13.0. The number of carbonyl (C=O) groups excluding carboxylic acids is 1. The lowest BCUT2D eigenvalue weighted by molar-refractivity contribution is 0.0966. The van der Waals surface area contributed by atoms with E-state index in [4.69, 9.17) is 0 Å². The van der Waals surface area contributed by atoms with Gasteiger partial charge in [-0.05, 0) is 40.5 Å². The van der Waals surface area contributed by atoms with Gasteiger partial charge in [0.05, 0.1) is 6.61 Å². The van der Waals surface area contributed by atoms with E-state index >= 15 is 0 Å². The number of fused-ring (bicyclic) bond motifs is 1. The molecule has 3 nitrogen and oxygen atoms in total. The Hall–Kier alpha value is -2.20. The summed E-state index contributed by atoms with van der Waals surface area (Å²) in [6, 6.07) is 9.60. The molecule has 19 heavy (non-hydrogen) atoms. The monoisotopic (exact) mass is 257 g/mol. The molecule has 2 N–H and O–H groups in total. The van der Waals surface area contributed by atoms with Gasteiger partial charge >= 0.3 is 0 Å². The van der Waals surface area contributed by atoms with Crippen LogP contribution < -0.4 is 5.32 Å². The fourth-order valence-corrected chi connectivity index (χ4v) is 2.35. The van der Waals surface area contributed by atoms with Crippen LogP contribution in [0.25, 0.3) is 11.1 Å². The van der Waals surface area contributed by atoms with Crippen molar-refractivity contribution in [1.82, 2.24) is 5.32 Å². The first-order chi connectivity index (χ1) is 9.19. The number of rotatable bonds is 2.